The summed E-state index contributed by atoms with van der Waals surface area (Å²) >= 11 is 0. The van der Waals surface area contributed by atoms with E-state index in [2.05, 4.69) is 4.98 Å². The van der Waals surface area contributed by atoms with Gasteiger partial charge in [-0.3, -0.25) is 4.98 Å². The number of benzene rings is 2. The molecule has 2 atom stereocenters. The van der Waals surface area contributed by atoms with Crippen LogP contribution in [0, 0.1) is 5.82 Å². The maximum Gasteiger partial charge on any atom is 0.221 e. The number of nitrogens with zero attached hydrogens (tertiary/aromatic N) is 2. The van der Waals surface area contributed by atoms with Crippen molar-refractivity contribution >= 4 is 10.0 Å². The summed E-state index contributed by atoms with van der Waals surface area (Å²) in [6, 6.07) is 17.7. The summed E-state index contributed by atoms with van der Waals surface area (Å²) in [5, 5.41) is -0.584. The molecule has 1 aliphatic rings. The first-order chi connectivity index (χ1) is 14.0. The van der Waals surface area contributed by atoms with Gasteiger partial charge < -0.3 is 0 Å². The molecular formula is C23H23FN2O2S. The third kappa shape index (κ3) is 3.95. The number of sulfonamides is 1. The fourth-order valence-corrected chi connectivity index (χ4v) is 6.11. The molecule has 0 amide bonds. The second-order valence-electron chi connectivity index (χ2n) is 7.46. The third-order valence-electron chi connectivity index (χ3n) is 5.59. The van der Waals surface area contributed by atoms with Crippen LogP contribution in [0.5, 0.6) is 0 Å². The fraction of sp³-hybridized carbons (Fsp3) is 0.261. The van der Waals surface area contributed by atoms with Gasteiger partial charge in [0.25, 0.3) is 0 Å². The molecule has 0 aliphatic carbocycles. The number of rotatable bonds is 4. The topological polar surface area (TPSA) is 50.3 Å². The van der Waals surface area contributed by atoms with Crippen molar-refractivity contribution in [2.45, 2.75) is 37.6 Å². The number of pyridine rings is 1. The van der Waals surface area contributed by atoms with Gasteiger partial charge in [-0.15, -0.1) is 0 Å². The predicted octanol–water partition coefficient (Wildman–Crippen LogP) is 4.94. The molecule has 29 heavy (non-hydrogen) atoms. The Morgan fingerprint density at radius 2 is 1.72 bits per heavy atom. The molecule has 4 nitrogen and oxygen atoms in total. The lowest BCUT2D eigenvalue weighted by molar-refractivity contribution is 0.279. The summed E-state index contributed by atoms with van der Waals surface area (Å²) in [4.78, 5) is 3.98. The summed E-state index contributed by atoms with van der Waals surface area (Å²) in [6.45, 7) is 1.93. The van der Waals surface area contributed by atoms with Gasteiger partial charge in [-0.1, -0.05) is 42.5 Å². The SMILES string of the molecule is C[C@H]1CCC(c2ccccc2)S(=O)(=O)N1Cc1ccc(-c2ccncc2)cc1F. The highest BCUT2D eigenvalue weighted by Crippen LogP contribution is 2.38. The number of hydrogen-bond donors (Lipinski definition) is 0. The predicted molar refractivity (Wildman–Crippen MR) is 112 cm³/mol. The molecule has 1 fully saturated rings. The lowest BCUT2D eigenvalue weighted by Gasteiger charge is -2.37. The molecule has 150 valence electrons. The Bertz CT molecular complexity index is 1090. The van der Waals surface area contributed by atoms with E-state index in [9.17, 15) is 12.8 Å². The molecule has 3 aromatic rings. The first-order valence-electron chi connectivity index (χ1n) is 9.71. The molecule has 2 aromatic carbocycles. The summed E-state index contributed by atoms with van der Waals surface area (Å²) < 4.78 is 43.0. The molecule has 0 bridgehead atoms. The number of hydrogen-bond acceptors (Lipinski definition) is 3. The minimum absolute atomic E-state index is 0.0370. The average Bonchev–Trinajstić information content (AvgIpc) is 2.73. The molecule has 1 unspecified atom stereocenters. The van der Waals surface area contributed by atoms with Crippen molar-refractivity contribution in [3.05, 3.63) is 90.0 Å². The Morgan fingerprint density at radius 1 is 1.00 bits per heavy atom. The van der Waals surface area contributed by atoms with Crippen molar-refractivity contribution in [1.82, 2.24) is 9.29 Å². The van der Waals surface area contributed by atoms with Crippen molar-refractivity contribution in [2.24, 2.45) is 0 Å². The van der Waals surface area contributed by atoms with E-state index in [-0.39, 0.29) is 12.6 Å². The first kappa shape index (κ1) is 19.7. The first-order valence-corrected chi connectivity index (χ1v) is 11.2. The highest BCUT2D eigenvalue weighted by molar-refractivity contribution is 7.89. The molecule has 2 heterocycles. The second-order valence-corrected chi connectivity index (χ2v) is 9.53. The molecule has 6 heteroatoms. The zero-order chi connectivity index (χ0) is 20.4. The van der Waals surface area contributed by atoms with E-state index < -0.39 is 21.1 Å². The molecule has 1 saturated heterocycles. The molecule has 0 spiro atoms. The van der Waals surface area contributed by atoms with Gasteiger partial charge in [-0.2, -0.15) is 4.31 Å². The van der Waals surface area contributed by atoms with Crippen LogP contribution in [-0.2, 0) is 16.6 Å². The van der Waals surface area contributed by atoms with E-state index in [0.29, 0.717) is 12.0 Å². The summed E-state index contributed by atoms with van der Waals surface area (Å²) in [7, 11) is -3.59. The van der Waals surface area contributed by atoms with Crippen LogP contribution in [-0.4, -0.2) is 23.7 Å². The van der Waals surface area contributed by atoms with Crippen LogP contribution in [0.2, 0.25) is 0 Å². The Balaban J connectivity index is 1.62. The van der Waals surface area contributed by atoms with Crippen molar-refractivity contribution in [3.8, 4) is 11.1 Å². The van der Waals surface area contributed by atoms with Gasteiger partial charge >= 0.3 is 0 Å². The molecular weight excluding hydrogens is 387 g/mol. The Morgan fingerprint density at radius 3 is 2.41 bits per heavy atom. The zero-order valence-electron chi connectivity index (χ0n) is 16.2. The van der Waals surface area contributed by atoms with Crippen LogP contribution in [0.3, 0.4) is 0 Å². The maximum absolute atomic E-state index is 14.9. The largest absolute Gasteiger partial charge is 0.265 e. The van der Waals surface area contributed by atoms with Crippen LogP contribution < -0.4 is 0 Å². The molecule has 0 saturated carbocycles. The van der Waals surface area contributed by atoms with Crippen molar-refractivity contribution in [1.29, 1.82) is 0 Å². The highest BCUT2D eigenvalue weighted by Gasteiger charge is 2.40. The van der Waals surface area contributed by atoms with Crippen LogP contribution in [0.25, 0.3) is 11.1 Å². The Labute approximate surface area is 171 Å². The van der Waals surface area contributed by atoms with Gasteiger partial charge in [0, 0.05) is 30.5 Å². The van der Waals surface area contributed by atoms with Gasteiger partial charge in [-0.05, 0) is 54.7 Å². The van der Waals surface area contributed by atoms with Crippen molar-refractivity contribution in [2.75, 3.05) is 0 Å². The van der Waals surface area contributed by atoms with Crippen LogP contribution in [0.1, 0.15) is 36.1 Å². The van der Waals surface area contributed by atoms with Crippen LogP contribution in [0.4, 0.5) is 4.39 Å². The van der Waals surface area contributed by atoms with E-state index in [1.165, 1.54) is 10.4 Å². The van der Waals surface area contributed by atoms with E-state index in [1.54, 1.807) is 18.5 Å². The van der Waals surface area contributed by atoms with Gasteiger partial charge in [0.1, 0.15) is 11.1 Å². The van der Waals surface area contributed by atoms with E-state index in [1.807, 2.05) is 55.5 Å². The minimum Gasteiger partial charge on any atom is -0.265 e. The highest BCUT2D eigenvalue weighted by atomic mass is 32.2. The van der Waals surface area contributed by atoms with Gasteiger partial charge in [0.05, 0.1) is 0 Å². The quantitative estimate of drug-likeness (QED) is 0.612. The zero-order valence-corrected chi connectivity index (χ0v) is 17.0. The minimum atomic E-state index is -3.59. The van der Waals surface area contributed by atoms with E-state index in [0.717, 1.165) is 23.1 Å². The smallest absolute Gasteiger partial charge is 0.221 e. The van der Waals surface area contributed by atoms with Crippen LogP contribution >= 0.6 is 0 Å². The van der Waals surface area contributed by atoms with E-state index >= 15 is 0 Å². The number of aromatic nitrogens is 1. The van der Waals surface area contributed by atoms with Crippen LogP contribution in [0.15, 0.2) is 73.1 Å². The second kappa shape index (κ2) is 8.05. The molecule has 1 aliphatic heterocycles. The average molecular weight is 411 g/mol. The summed E-state index contributed by atoms with van der Waals surface area (Å²) in [6.07, 6.45) is 4.64. The van der Waals surface area contributed by atoms with Gasteiger partial charge in [-0.25, -0.2) is 12.8 Å². The van der Waals surface area contributed by atoms with Crippen molar-refractivity contribution < 1.29 is 12.8 Å². The van der Waals surface area contributed by atoms with Gasteiger partial charge in [0.15, 0.2) is 0 Å². The fourth-order valence-electron chi connectivity index (χ4n) is 3.92. The number of halogens is 1. The normalized spacial score (nSPS) is 21.7. The molecule has 0 radical (unpaired) electrons. The summed E-state index contributed by atoms with van der Waals surface area (Å²) in [5.41, 5.74) is 2.78. The maximum atomic E-state index is 14.9. The lowest BCUT2D eigenvalue weighted by Crippen LogP contribution is -2.44. The Kier molecular flexibility index (Phi) is 5.48. The molecule has 0 N–H and O–H groups in total. The standard InChI is InChI=1S/C23H23FN2O2S/c1-17-7-10-23(19-5-3-2-4-6-19)29(27,28)26(17)16-21-9-8-20(15-22(21)24)18-11-13-25-14-12-18/h2-6,8-9,11-15,17,23H,7,10,16H2,1H3/t17-,23?/m0/s1. The molecule has 4 rings (SSSR count). The molecule has 1 aromatic heterocycles. The van der Waals surface area contributed by atoms with Gasteiger partial charge in [0.2, 0.25) is 10.0 Å². The third-order valence-corrected chi connectivity index (χ3v) is 7.96. The van der Waals surface area contributed by atoms with Crippen molar-refractivity contribution in [3.63, 3.8) is 0 Å². The summed E-state index contributed by atoms with van der Waals surface area (Å²) in [5.74, 6) is -0.399. The lowest BCUT2D eigenvalue weighted by atomic mass is 10.0. The monoisotopic (exact) mass is 410 g/mol. The van der Waals surface area contributed by atoms with E-state index in [4.69, 9.17) is 0 Å². The Hall–Kier alpha value is -2.57.